The highest BCUT2D eigenvalue weighted by Crippen LogP contribution is 2.25. The molecule has 0 spiro atoms. The molecule has 2 N–H and O–H groups in total. The smallest absolute Gasteiger partial charge is 0.323 e. The van der Waals surface area contributed by atoms with Crippen molar-refractivity contribution in [2.75, 3.05) is 12.0 Å². The number of hydrogen-bond acceptors (Lipinski definition) is 3. The molecule has 0 bridgehead atoms. The van der Waals surface area contributed by atoms with Crippen LogP contribution in [0.25, 0.3) is 0 Å². The molecule has 2 amide bonds. The van der Waals surface area contributed by atoms with E-state index in [9.17, 15) is 4.79 Å². The first-order chi connectivity index (χ1) is 10.5. The molecule has 2 rings (SSSR count). The zero-order valence-electron chi connectivity index (χ0n) is 12.7. The number of pyridine rings is 1. The van der Waals surface area contributed by atoms with Crippen molar-refractivity contribution in [3.63, 3.8) is 0 Å². The lowest BCUT2D eigenvalue weighted by molar-refractivity contribution is 0.234. The Morgan fingerprint density at radius 2 is 1.91 bits per heavy atom. The third-order valence-electron chi connectivity index (χ3n) is 3.29. The Balaban J connectivity index is 1.87. The van der Waals surface area contributed by atoms with Gasteiger partial charge in [-0.25, -0.2) is 9.78 Å². The van der Waals surface area contributed by atoms with Gasteiger partial charge in [0.15, 0.2) is 6.73 Å². The van der Waals surface area contributed by atoms with Gasteiger partial charge in [0.1, 0.15) is 11.6 Å². The van der Waals surface area contributed by atoms with Gasteiger partial charge in [0.25, 0.3) is 0 Å². The normalized spacial score (nSPS) is 10.2. The number of ether oxygens (including phenoxy) is 1. The van der Waals surface area contributed by atoms with Crippen LogP contribution in [-0.2, 0) is 0 Å². The molecule has 0 atom stereocenters. The van der Waals surface area contributed by atoms with E-state index in [1.165, 1.54) is 0 Å². The van der Waals surface area contributed by atoms with Crippen molar-refractivity contribution < 1.29 is 9.53 Å². The lowest BCUT2D eigenvalue weighted by atomic mass is 10.1. The lowest BCUT2D eigenvalue weighted by Gasteiger charge is -2.14. The van der Waals surface area contributed by atoms with Gasteiger partial charge in [0.2, 0.25) is 0 Å². The van der Waals surface area contributed by atoms with E-state index in [1.54, 1.807) is 18.3 Å². The molecule has 0 unspecified atom stereocenters. The lowest BCUT2D eigenvalue weighted by Crippen LogP contribution is -2.32. The molecule has 0 saturated carbocycles. The number of amides is 2. The Kier molecular flexibility index (Phi) is 5.38. The summed E-state index contributed by atoms with van der Waals surface area (Å²) in [6, 6.07) is 7.20. The fraction of sp³-hybridized carbons (Fsp3) is 0.250. The first-order valence-electron chi connectivity index (χ1n) is 6.83. The second kappa shape index (κ2) is 7.26. The molecule has 0 aliphatic heterocycles. The highest BCUT2D eigenvalue weighted by molar-refractivity contribution is 9.10. The summed E-state index contributed by atoms with van der Waals surface area (Å²) in [5, 5.41) is 5.28. The van der Waals surface area contributed by atoms with E-state index in [-0.39, 0.29) is 12.8 Å². The maximum atomic E-state index is 11.8. The number of benzene rings is 1. The molecule has 0 fully saturated rings. The predicted molar refractivity (Wildman–Crippen MR) is 90.2 cm³/mol. The van der Waals surface area contributed by atoms with Gasteiger partial charge in [0.05, 0.1) is 0 Å². The third kappa shape index (κ3) is 4.21. The van der Waals surface area contributed by atoms with E-state index < -0.39 is 0 Å². The number of nitrogens with zero attached hydrogens (tertiary/aromatic N) is 1. The van der Waals surface area contributed by atoms with Crippen LogP contribution in [0.3, 0.4) is 0 Å². The SMILES string of the molecule is Cc1ccc(C)c(OCNC(=O)Nc2ccc(Br)cn2)c1C. The maximum absolute atomic E-state index is 11.8. The number of anilines is 1. The van der Waals surface area contributed by atoms with Crippen LogP contribution in [0.4, 0.5) is 10.6 Å². The Labute approximate surface area is 138 Å². The molecule has 0 aliphatic rings. The summed E-state index contributed by atoms with van der Waals surface area (Å²) in [7, 11) is 0. The van der Waals surface area contributed by atoms with Gasteiger partial charge in [-0.15, -0.1) is 0 Å². The highest BCUT2D eigenvalue weighted by atomic mass is 79.9. The van der Waals surface area contributed by atoms with Crippen LogP contribution in [0.2, 0.25) is 0 Å². The molecule has 1 aromatic carbocycles. The number of urea groups is 1. The van der Waals surface area contributed by atoms with Crippen molar-refractivity contribution in [3.05, 3.63) is 51.6 Å². The molecule has 0 saturated heterocycles. The number of nitrogens with one attached hydrogen (secondary N) is 2. The summed E-state index contributed by atoms with van der Waals surface area (Å²) in [4.78, 5) is 15.8. The fourth-order valence-corrected chi connectivity index (χ4v) is 2.17. The number of carbonyl (C=O) groups is 1. The zero-order valence-corrected chi connectivity index (χ0v) is 14.3. The molecule has 22 heavy (non-hydrogen) atoms. The largest absolute Gasteiger partial charge is 0.473 e. The van der Waals surface area contributed by atoms with E-state index in [0.29, 0.717) is 5.82 Å². The van der Waals surface area contributed by atoms with Gasteiger partial charge < -0.3 is 10.1 Å². The van der Waals surface area contributed by atoms with Crippen LogP contribution >= 0.6 is 15.9 Å². The minimum atomic E-state index is -0.363. The van der Waals surface area contributed by atoms with E-state index >= 15 is 0 Å². The molecule has 0 aliphatic carbocycles. The van der Waals surface area contributed by atoms with E-state index in [4.69, 9.17) is 4.74 Å². The van der Waals surface area contributed by atoms with Gasteiger partial charge in [0, 0.05) is 10.7 Å². The fourth-order valence-electron chi connectivity index (χ4n) is 1.93. The number of aryl methyl sites for hydroxylation is 2. The molecule has 1 aromatic heterocycles. The molecular formula is C16H18BrN3O2. The average Bonchev–Trinajstić information content (AvgIpc) is 2.49. The van der Waals surface area contributed by atoms with Crippen LogP contribution in [0.1, 0.15) is 16.7 Å². The van der Waals surface area contributed by atoms with Crippen molar-refractivity contribution >= 4 is 27.8 Å². The first kappa shape index (κ1) is 16.3. The van der Waals surface area contributed by atoms with Crippen molar-refractivity contribution in [3.8, 4) is 5.75 Å². The second-order valence-corrected chi connectivity index (χ2v) is 5.85. The quantitative estimate of drug-likeness (QED) is 0.808. The number of carbonyl (C=O) groups excluding carboxylic acids is 1. The highest BCUT2D eigenvalue weighted by Gasteiger charge is 2.07. The summed E-state index contributed by atoms with van der Waals surface area (Å²) < 4.78 is 6.53. The van der Waals surface area contributed by atoms with Crippen LogP contribution in [-0.4, -0.2) is 17.7 Å². The molecular weight excluding hydrogens is 346 g/mol. The van der Waals surface area contributed by atoms with Crippen molar-refractivity contribution in [1.82, 2.24) is 10.3 Å². The second-order valence-electron chi connectivity index (χ2n) is 4.93. The first-order valence-corrected chi connectivity index (χ1v) is 7.62. The van der Waals surface area contributed by atoms with E-state index in [0.717, 1.165) is 26.9 Å². The molecule has 6 heteroatoms. The van der Waals surface area contributed by atoms with Crippen molar-refractivity contribution in [2.45, 2.75) is 20.8 Å². The standard InChI is InChI=1S/C16H18BrN3O2/c1-10-4-5-11(2)15(12(10)3)22-9-19-16(21)20-14-7-6-13(17)8-18-14/h4-8H,9H2,1-3H3,(H2,18,19,20,21). The van der Waals surface area contributed by atoms with Crippen molar-refractivity contribution in [1.29, 1.82) is 0 Å². The van der Waals surface area contributed by atoms with E-state index in [1.807, 2.05) is 26.8 Å². The number of rotatable bonds is 4. The topological polar surface area (TPSA) is 63.2 Å². The zero-order chi connectivity index (χ0) is 16.1. The molecule has 0 radical (unpaired) electrons. The Morgan fingerprint density at radius 1 is 1.18 bits per heavy atom. The Morgan fingerprint density at radius 3 is 2.59 bits per heavy atom. The average molecular weight is 364 g/mol. The summed E-state index contributed by atoms with van der Waals surface area (Å²) in [5.74, 6) is 1.28. The number of aromatic nitrogens is 1. The summed E-state index contributed by atoms with van der Waals surface area (Å²) >= 11 is 3.29. The molecule has 2 aromatic rings. The van der Waals surface area contributed by atoms with Gasteiger partial charge >= 0.3 is 6.03 Å². The third-order valence-corrected chi connectivity index (χ3v) is 3.76. The monoisotopic (exact) mass is 363 g/mol. The van der Waals surface area contributed by atoms with Crippen LogP contribution in [0.5, 0.6) is 5.75 Å². The number of hydrogen-bond donors (Lipinski definition) is 2. The summed E-state index contributed by atoms with van der Waals surface area (Å²) in [5.41, 5.74) is 3.28. The number of halogens is 1. The molecule has 1 heterocycles. The Bertz CT molecular complexity index is 672. The van der Waals surface area contributed by atoms with Crippen LogP contribution < -0.4 is 15.4 Å². The Hall–Kier alpha value is -2.08. The minimum Gasteiger partial charge on any atom is -0.473 e. The van der Waals surface area contributed by atoms with Crippen LogP contribution in [0, 0.1) is 20.8 Å². The van der Waals surface area contributed by atoms with Gasteiger partial charge in [-0.2, -0.15) is 0 Å². The summed E-state index contributed by atoms with van der Waals surface area (Å²) in [6.45, 7) is 6.10. The van der Waals surface area contributed by atoms with Crippen molar-refractivity contribution in [2.24, 2.45) is 0 Å². The van der Waals surface area contributed by atoms with Crippen LogP contribution in [0.15, 0.2) is 34.9 Å². The van der Waals surface area contributed by atoms with Gasteiger partial charge in [-0.05, 0) is 65.5 Å². The maximum Gasteiger partial charge on any atom is 0.323 e. The van der Waals surface area contributed by atoms with Gasteiger partial charge in [-0.1, -0.05) is 12.1 Å². The minimum absolute atomic E-state index is 0.0908. The predicted octanol–water partition coefficient (Wildman–Crippen LogP) is 3.93. The van der Waals surface area contributed by atoms with Gasteiger partial charge in [-0.3, -0.25) is 5.32 Å². The summed E-state index contributed by atoms with van der Waals surface area (Å²) in [6.07, 6.45) is 1.62. The molecule has 5 nitrogen and oxygen atoms in total. The molecule has 116 valence electrons. The van der Waals surface area contributed by atoms with E-state index in [2.05, 4.69) is 37.6 Å².